The number of halogens is 2. The second kappa shape index (κ2) is 7.39. The molecule has 0 aliphatic carbocycles. The maximum absolute atomic E-state index is 13.6. The molecule has 3 aromatic rings. The summed E-state index contributed by atoms with van der Waals surface area (Å²) >= 11 is 1.11. The van der Waals surface area contributed by atoms with E-state index in [4.69, 9.17) is 0 Å². The van der Waals surface area contributed by atoms with Crippen LogP contribution in [0.5, 0.6) is 0 Å². The van der Waals surface area contributed by atoms with Gasteiger partial charge in [0.2, 0.25) is 11.1 Å². The van der Waals surface area contributed by atoms with E-state index in [-0.39, 0.29) is 11.4 Å². The standard InChI is InChI=1S/C16H13F2N5OS/c1-10-4-2-3-5-14(10)23-16(20-21-22-23)25-9-15(24)19-13-7-6-11(17)8-12(13)18/h2-8H,9H2,1H3,(H,19,24). The molecule has 0 bridgehead atoms. The van der Waals surface area contributed by atoms with Crippen LogP contribution in [0.4, 0.5) is 14.5 Å². The van der Waals surface area contributed by atoms with Crippen molar-refractivity contribution in [1.82, 2.24) is 20.2 Å². The molecule has 0 radical (unpaired) electrons. The third-order valence-electron chi connectivity index (χ3n) is 3.32. The van der Waals surface area contributed by atoms with Crippen LogP contribution in [-0.4, -0.2) is 31.9 Å². The van der Waals surface area contributed by atoms with Crippen molar-refractivity contribution in [2.24, 2.45) is 0 Å². The summed E-state index contributed by atoms with van der Waals surface area (Å²) in [5, 5.41) is 14.3. The molecule has 0 atom stereocenters. The summed E-state index contributed by atoms with van der Waals surface area (Å²) in [5.41, 5.74) is 1.71. The predicted octanol–water partition coefficient (Wildman–Crippen LogP) is 2.98. The molecule has 2 aromatic carbocycles. The summed E-state index contributed by atoms with van der Waals surface area (Å²) < 4.78 is 28.0. The molecular formula is C16H13F2N5OS. The molecule has 0 saturated heterocycles. The van der Waals surface area contributed by atoms with E-state index < -0.39 is 17.5 Å². The fourth-order valence-corrected chi connectivity index (χ4v) is 2.81. The molecule has 128 valence electrons. The molecule has 1 amide bonds. The molecule has 1 heterocycles. The van der Waals surface area contributed by atoms with Crippen molar-refractivity contribution in [3.05, 3.63) is 59.7 Å². The molecule has 0 unspecified atom stereocenters. The van der Waals surface area contributed by atoms with Gasteiger partial charge in [0.1, 0.15) is 11.6 Å². The summed E-state index contributed by atoms with van der Waals surface area (Å²) in [7, 11) is 0. The summed E-state index contributed by atoms with van der Waals surface area (Å²) in [6.07, 6.45) is 0. The van der Waals surface area contributed by atoms with Crippen LogP contribution in [0.3, 0.4) is 0 Å². The number of thioether (sulfide) groups is 1. The zero-order valence-corrected chi connectivity index (χ0v) is 13.9. The Labute approximate surface area is 146 Å². The zero-order chi connectivity index (χ0) is 17.8. The van der Waals surface area contributed by atoms with E-state index in [9.17, 15) is 13.6 Å². The molecule has 9 heteroatoms. The summed E-state index contributed by atoms with van der Waals surface area (Å²) in [5.74, 6) is -2.01. The second-order valence-electron chi connectivity index (χ2n) is 5.12. The van der Waals surface area contributed by atoms with E-state index in [1.54, 1.807) is 0 Å². The number of hydrogen-bond acceptors (Lipinski definition) is 5. The summed E-state index contributed by atoms with van der Waals surface area (Å²) in [4.78, 5) is 12.0. The first-order chi connectivity index (χ1) is 12.0. The second-order valence-corrected chi connectivity index (χ2v) is 6.06. The monoisotopic (exact) mass is 361 g/mol. The van der Waals surface area contributed by atoms with Crippen molar-refractivity contribution in [3.63, 3.8) is 0 Å². The Balaban J connectivity index is 1.67. The number of nitrogens with zero attached hydrogens (tertiary/aromatic N) is 4. The molecule has 0 aliphatic rings. The maximum Gasteiger partial charge on any atom is 0.234 e. The Kier molecular flexibility index (Phi) is 5.03. The van der Waals surface area contributed by atoms with Crippen LogP contribution >= 0.6 is 11.8 Å². The maximum atomic E-state index is 13.6. The molecule has 1 N–H and O–H groups in total. The van der Waals surface area contributed by atoms with Gasteiger partial charge in [0.05, 0.1) is 17.1 Å². The van der Waals surface area contributed by atoms with Crippen LogP contribution in [-0.2, 0) is 4.79 Å². The van der Waals surface area contributed by atoms with Crippen LogP contribution in [0.1, 0.15) is 5.56 Å². The van der Waals surface area contributed by atoms with Crippen molar-refractivity contribution < 1.29 is 13.6 Å². The normalized spacial score (nSPS) is 10.7. The summed E-state index contributed by atoms with van der Waals surface area (Å²) in [6, 6.07) is 10.5. The lowest BCUT2D eigenvalue weighted by Gasteiger charge is -2.08. The molecule has 6 nitrogen and oxygen atoms in total. The Morgan fingerprint density at radius 2 is 2.04 bits per heavy atom. The molecule has 0 aliphatic heterocycles. The lowest BCUT2D eigenvalue weighted by molar-refractivity contribution is -0.113. The van der Waals surface area contributed by atoms with Gasteiger partial charge in [-0.15, -0.1) is 5.10 Å². The first kappa shape index (κ1) is 17.0. The van der Waals surface area contributed by atoms with Gasteiger partial charge in [-0.3, -0.25) is 4.79 Å². The number of rotatable bonds is 5. The Hall–Kier alpha value is -2.81. The number of hydrogen-bond donors (Lipinski definition) is 1. The number of aryl methyl sites for hydroxylation is 1. The Morgan fingerprint density at radius 1 is 1.24 bits per heavy atom. The highest BCUT2D eigenvalue weighted by molar-refractivity contribution is 7.99. The van der Waals surface area contributed by atoms with Gasteiger partial charge in [0.25, 0.3) is 0 Å². The Bertz CT molecular complexity index is 915. The van der Waals surface area contributed by atoms with Gasteiger partial charge >= 0.3 is 0 Å². The third kappa shape index (κ3) is 4.00. The first-order valence-electron chi connectivity index (χ1n) is 7.26. The van der Waals surface area contributed by atoms with Crippen LogP contribution in [0, 0.1) is 18.6 Å². The van der Waals surface area contributed by atoms with Crippen LogP contribution in [0.2, 0.25) is 0 Å². The molecule has 0 fully saturated rings. The number of para-hydroxylation sites is 1. The smallest absolute Gasteiger partial charge is 0.234 e. The number of benzene rings is 2. The van der Waals surface area contributed by atoms with Gasteiger partial charge in [-0.05, 0) is 41.1 Å². The van der Waals surface area contributed by atoms with Gasteiger partial charge in [-0.2, -0.15) is 4.68 Å². The molecule has 25 heavy (non-hydrogen) atoms. The molecule has 1 aromatic heterocycles. The van der Waals surface area contributed by atoms with Gasteiger partial charge < -0.3 is 5.32 Å². The van der Waals surface area contributed by atoms with Gasteiger partial charge in [0.15, 0.2) is 0 Å². The van der Waals surface area contributed by atoms with Gasteiger partial charge in [-0.25, -0.2) is 8.78 Å². The van der Waals surface area contributed by atoms with E-state index in [0.717, 1.165) is 29.1 Å². The van der Waals surface area contributed by atoms with E-state index in [1.807, 2.05) is 31.2 Å². The van der Waals surface area contributed by atoms with Crippen LogP contribution in [0.15, 0.2) is 47.6 Å². The molecule has 0 saturated carbocycles. The number of carbonyl (C=O) groups excluding carboxylic acids is 1. The van der Waals surface area contributed by atoms with Crippen molar-refractivity contribution in [2.75, 3.05) is 11.1 Å². The molecule has 3 rings (SSSR count). The highest BCUT2D eigenvalue weighted by atomic mass is 32.2. The number of tetrazole rings is 1. The van der Waals surface area contributed by atoms with Crippen molar-refractivity contribution in [2.45, 2.75) is 12.1 Å². The van der Waals surface area contributed by atoms with Crippen LogP contribution < -0.4 is 5.32 Å². The van der Waals surface area contributed by atoms with Crippen LogP contribution in [0.25, 0.3) is 5.69 Å². The molecular weight excluding hydrogens is 348 g/mol. The highest BCUT2D eigenvalue weighted by Crippen LogP contribution is 2.21. The molecule has 0 spiro atoms. The first-order valence-corrected chi connectivity index (χ1v) is 8.25. The van der Waals surface area contributed by atoms with E-state index in [1.165, 1.54) is 10.7 Å². The van der Waals surface area contributed by atoms with Gasteiger partial charge in [0, 0.05) is 6.07 Å². The average molecular weight is 361 g/mol. The average Bonchev–Trinajstić information content (AvgIpc) is 3.04. The van der Waals surface area contributed by atoms with E-state index >= 15 is 0 Å². The van der Waals surface area contributed by atoms with E-state index in [2.05, 4.69) is 20.8 Å². The number of nitrogens with one attached hydrogen (secondary N) is 1. The lowest BCUT2D eigenvalue weighted by Crippen LogP contribution is -2.15. The van der Waals surface area contributed by atoms with Crippen molar-refractivity contribution in [3.8, 4) is 5.69 Å². The van der Waals surface area contributed by atoms with Gasteiger partial charge in [-0.1, -0.05) is 30.0 Å². The fraction of sp³-hybridized carbons (Fsp3) is 0.125. The van der Waals surface area contributed by atoms with E-state index in [0.29, 0.717) is 11.2 Å². The number of carbonyl (C=O) groups is 1. The Morgan fingerprint density at radius 3 is 2.80 bits per heavy atom. The largest absolute Gasteiger partial charge is 0.323 e. The lowest BCUT2D eigenvalue weighted by atomic mass is 10.2. The summed E-state index contributed by atoms with van der Waals surface area (Å²) in [6.45, 7) is 1.93. The number of aromatic nitrogens is 4. The number of anilines is 1. The highest BCUT2D eigenvalue weighted by Gasteiger charge is 2.14. The topological polar surface area (TPSA) is 72.7 Å². The minimum absolute atomic E-state index is 0.0247. The quantitative estimate of drug-likeness (QED) is 0.708. The number of amides is 1. The minimum atomic E-state index is -0.830. The SMILES string of the molecule is Cc1ccccc1-n1nnnc1SCC(=O)Nc1ccc(F)cc1F. The fourth-order valence-electron chi connectivity index (χ4n) is 2.13. The third-order valence-corrected chi connectivity index (χ3v) is 4.24. The van der Waals surface area contributed by atoms with Crippen molar-refractivity contribution in [1.29, 1.82) is 0 Å². The minimum Gasteiger partial charge on any atom is -0.323 e. The zero-order valence-electron chi connectivity index (χ0n) is 13.1. The predicted molar refractivity (Wildman–Crippen MR) is 89.6 cm³/mol. The van der Waals surface area contributed by atoms with Crippen molar-refractivity contribution >= 4 is 23.4 Å².